The van der Waals surface area contributed by atoms with Crippen molar-refractivity contribution in [3.8, 4) is 0 Å². The first-order valence-corrected chi connectivity index (χ1v) is 5.31. The minimum absolute atomic E-state index is 0.141. The molecule has 0 saturated carbocycles. The monoisotopic (exact) mass is 268 g/mol. The van der Waals surface area contributed by atoms with E-state index in [-0.39, 0.29) is 17.0 Å². The van der Waals surface area contributed by atoms with E-state index in [1.54, 1.807) is 6.92 Å². The highest BCUT2D eigenvalue weighted by atomic mass is 32.1. The molecule has 0 aliphatic rings. The summed E-state index contributed by atoms with van der Waals surface area (Å²) in [4.78, 5) is 10.2. The molecule has 0 aromatic heterocycles. The zero-order chi connectivity index (χ0) is 13.0. The van der Waals surface area contributed by atoms with Crippen molar-refractivity contribution >= 4 is 40.9 Å². The normalized spacial score (nSPS) is 8.12. The summed E-state index contributed by atoms with van der Waals surface area (Å²) < 4.78 is 13.2. The van der Waals surface area contributed by atoms with Gasteiger partial charge in [-0.1, -0.05) is 6.92 Å². The highest BCUT2D eigenvalue weighted by molar-refractivity contribution is 7.80. The molecule has 0 saturated heterocycles. The van der Waals surface area contributed by atoms with Crippen LogP contribution in [0.25, 0.3) is 0 Å². The maximum absolute atomic E-state index is 10.2. The van der Waals surface area contributed by atoms with Crippen LogP contribution in [0.1, 0.15) is 20.3 Å². The van der Waals surface area contributed by atoms with Crippen LogP contribution in [-0.2, 0) is 14.2 Å². The second kappa shape index (κ2) is 11.9. The number of rotatable bonds is 3. The zero-order valence-corrected chi connectivity index (χ0v) is 10.9. The van der Waals surface area contributed by atoms with Crippen molar-refractivity contribution < 1.29 is 19.0 Å². The van der Waals surface area contributed by atoms with Crippen molar-refractivity contribution in [1.82, 2.24) is 0 Å². The van der Waals surface area contributed by atoms with Gasteiger partial charge in [0.2, 0.25) is 0 Å². The van der Waals surface area contributed by atoms with Gasteiger partial charge in [0.15, 0.2) is 0 Å². The van der Waals surface area contributed by atoms with Crippen LogP contribution in [-0.4, -0.2) is 29.7 Å². The van der Waals surface area contributed by atoms with Crippen molar-refractivity contribution in [3.63, 3.8) is 0 Å². The quantitative estimate of drug-likeness (QED) is 0.579. The summed E-state index contributed by atoms with van der Waals surface area (Å²) in [5.41, 5.74) is 9.82. The van der Waals surface area contributed by atoms with Gasteiger partial charge < -0.3 is 25.7 Å². The number of ether oxygens (including phenoxy) is 3. The van der Waals surface area contributed by atoms with Crippen molar-refractivity contribution in [3.05, 3.63) is 0 Å². The Kier molecular flexibility index (Phi) is 12.9. The smallest absolute Gasteiger partial charge is 0.471 e. The Labute approximate surface area is 105 Å². The van der Waals surface area contributed by atoms with Gasteiger partial charge in [0.05, 0.1) is 13.2 Å². The molecule has 0 spiro atoms. The first-order chi connectivity index (χ1) is 7.43. The number of carbonyl (C=O) groups excluding carboxylic acids is 1. The Balaban J connectivity index is 0. The number of thiocarbonyl (C=S) groups is 2. The summed E-state index contributed by atoms with van der Waals surface area (Å²) in [6.07, 6.45) is 0.0992. The molecule has 0 heterocycles. The fourth-order valence-corrected chi connectivity index (χ4v) is 0.583. The second-order valence-electron chi connectivity index (χ2n) is 2.27. The van der Waals surface area contributed by atoms with Crippen LogP contribution < -0.4 is 11.5 Å². The van der Waals surface area contributed by atoms with Crippen LogP contribution in [0, 0.1) is 0 Å². The maximum atomic E-state index is 10.2. The van der Waals surface area contributed by atoms with Gasteiger partial charge in [-0.3, -0.25) is 0 Å². The maximum Gasteiger partial charge on any atom is 0.515 e. The van der Waals surface area contributed by atoms with Gasteiger partial charge >= 0.3 is 6.16 Å². The van der Waals surface area contributed by atoms with Crippen molar-refractivity contribution in [2.45, 2.75) is 20.3 Å². The fourth-order valence-electron chi connectivity index (χ4n) is 0.432. The van der Waals surface area contributed by atoms with Gasteiger partial charge in [-0.05, 0) is 37.8 Å². The zero-order valence-electron chi connectivity index (χ0n) is 9.23. The minimum Gasteiger partial charge on any atom is -0.471 e. The van der Waals surface area contributed by atoms with E-state index in [2.05, 4.69) is 33.9 Å². The van der Waals surface area contributed by atoms with Crippen molar-refractivity contribution in [2.24, 2.45) is 11.5 Å². The van der Waals surface area contributed by atoms with Crippen LogP contribution in [0.15, 0.2) is 0 Å². The molecule has 6 nitrogen and oxygen atoms in total. The molecule has 0 atom stereocenters. The molecule has 16 heavy (non-hydrogen) atoms. The standard InChI is InChI=1S/C4H7NO3S.C4H9NOS/c1-2-7-4(6)8-3(5)9;1-2-3-6-4(5)7/h2H2,1H3,(H2,5,9);2-3H2,1H3,(H2,5,7). The third-order valence-corrected chi connectivity index (χ3v) is 1.10. The Morgan fingerprint density at radius 1 is 1.12 bits per heavy atom. The molecule has 0 aromatic rings. The molecular formula is C8H16N2O4S2. The van der Waals surface area contributed by atoms with Crippen LogP contribution in [0.5, 0.6) is 0 Å². The van der Waals surface area contributed by atoms with E-state index in [1.807, 2.05) is 6.92 Å². The number of carbonyl (C=O) groups is 1. The molecule has 8 heteroatoms. The van der Waals surface area contributed by atoms with Gasteiger partial charge in [-0.25, -0.2) is 4.79 Å². The van der Waals surface area contributed by atoms with E-state index in [0.717, 1.165) is 6.42 Å². The van der Waals surface area contributed by atoms with Gasteiger partial charge in [0.1, 0.15) is 0 Å². The predicted octanol–water partition coefficient (Wildman–Crippen LogP) is 1.06. The molecule has 0 unspecified atom stereocenters. The van der Waals surface area contributed by atoms with E-state index in [0.29, 0.717) is 6.61 Å². The number of hydrogen-bond donors (Lipinski definition) is 2. The first kappa shape index (κ1) is 17.3. The Bertz CT molecular complexity index is 236. The molecule has 0 radical (unpaired) electrons. The molecule has 0 amide bonds. The average molecular weight is 268 g/mol. The van der Waals surface area contributed by atoms with E-state index in [4.69, 9.17) is 16.2 Å². The third kappa shape index (κ3) is 18.6. The Morgan fingerprint density at radius 2 is 1.69 bits per heavy atom. The van der Waals surface area contributed by atoms with E-state index >= 15 is 0 Å². The van der Waals surface area contributed by atoms with Crippen molar-refractivity contribution in [1.29, 1.82) is 0 Å². The number of nitrogens with two attached hydrogens (primary N) is 2. The van der Waals surface area contributed by atoms with E-state index in [9.17, 15) is 4.79 Å². The van der Waals surface area contributed by atoms with Crippen LogP contribution >= 0.6 is 24.4 Å². The molecule has 0 aromatic carbocycles. The fraction of sp³-hybridized carbons (Fsp3) is 0.625. The number of hydrogen-bond acceptors (Lipinski definition) is 6. The third-order valence-electron chi connectivity index (χ3n) is 0.895. The molecule has 94 valence electrons. The van der Waals surface area contributed by atoms with E-state index < -0.39 is 6.16 Å². The van der Waals surface area contributed by atoms with E-state index in [1.165, 1.54) is 0 Å². The highest BCUT2D eigenvalue weighted by Crippen LogP contribution is 1.83. The minimum atomic E-state index is -0.856. The molecule has 0 bridgehead atoms. The molecule has 0 rings (SSSR count). The van der Waals surface area contributed by atoms with Crippen molar-refractivity contribution in [2.75, 3.05) is 13.2 Å². The average Bonchev–Trinajstić information content (AvgIpc) is 2.14. The van der Waals surface area contributed by atoms with Crippen LogP contribution in [0.3, 0.4) is 0 Å². The van der Waals surface area contributed by atoms with Crippen LogP contribution in [0.2, 0.25) is 0 Å². The SMILES string of the molecule is CCCOC(N)=S.CCOC(=O)OC(N)=S. The van der Waals surface area contributed by atoms with Gasteiger partial charge in [0.25, 0.3) is 10.3 Å². The lowest BCUT2D eigenvalue weighted by molar-refractivity contribution is 0.101. The van der Waals surface area contributed by atoms with Gasteiger partial charge in [-0.15, -0.1) is 0 Å². The summed E-state index contributed by atoms with van der Waals surface area (Å²) in [6, 6.07) is 0. The molecular weight excluding hydrogens is 252 g/mol. The Hall–Kier alpha value is -1.15. The molecule has 0 aliphatic carbocycles. The highest BCUT2D eigenvalue weighted by Gasteiger charge is 2.01. The summed E-state index contributed by atoms with van der Waals surface area (Å²) in [6.45, 7) is 4.54. The first-order valence-electron chi connectivity index (χ1n) is 4.50. The predicted molar refractivity (Wildman–Crippen MR) is 67.9 cm³/mol. The van der Waals surface area contributed by atoms with Gasteiger partial charge in [-0.2, -0.15) is 0 Å². The van der Waals surface area contributed by atoms with Gasteiger partial charge in [0, 0.05) is 0 Å². The summed E-state index contributed by atoms with van der Waals surface area (Å²) in [5, 5.41) is -0.185. The lowest BCUT2D eigenvalue weighted by atomic mass is 10.5. The lowest BCUT2D eigenvalue weighted by Crippen LogP contribution is -2.18. The summed E-state index contributed by atoms with van der Waals surface area (Å²) in [5.74, 6) is 0. The lowest BCUT2D eigenvalue weighted by Gasteiger charge is -1.98. The summed E-state index contributed by atoms with van der Waals surface area (Å²) in [7, 11) is 0. The molecule has 0 fully saturated rings. The molecule has 0 aliphatic heterocycles. The Morgan fingerprint density at radius 3 is 1.94 bits per heavy atom. The summed E-state index contributed by atoms with van der Waals surface area (Å²) >= 11 is 8.66. The van der Waals surface area contributed by atoms with Crippen LogP contribution in [0.4, 0.5) is 4.79 Å². The topological polar surface area (TPSA) is 96.8 Å². The largest absolute Gasteiger partial charge is 0.515 e. The molecule has 4 N–H and O–H groups in total. The second-order valence-corrected chi connectivity index (χ2v) is 3.08.